The number of hydrogen-bond donors (Lipinski definition) is 1. The molecule has 1 fully saturated rings. The van der Waals surface area contributed by atoms with Crippen molar-refractivity contribution in [2.45, 2.75) is 77.5 Å². The first-order chi connectivity index (χ1) is 15.3. The Balaban J connectivity index is 1.54. The van der Waals surface area contributed by atoms with E-state index in [1.807, 2.05) is 61.7 Å². The van der Waals surface area contributed by atoms with Gasteiger partial charge in [0.25, 0.3) is 5.91 Å². The van der Waals surface area contributed by atoms with Gasteiger partial charge in [0.1, 0.15) is 17.0 Å². The molecule has 5 rings (SSSR count). The Morgan fingerprint density at radius 3 is 2.56 bits per heavy atom. The number of rotatable bonds is 4. The third kappa shape index (κ3) is 3.51. The molecule has 3 aromatic rings. The molecule has 0 saturated heterocycles. The van der Waals surface area contributed by atoms with Crippen LogP contribution in [0.5, 0.6) is 0 Å². The number of carbonyl (C=O) groups is 2. The van der Waals surface area contributed by atoms with Gasteiger partial charge in [0.15, 0.2) is 5.58 Å². The van der Waals surface area contributed by atoms with Crippen LogP contribution in [0.2, 0.25) is 0 Å². The Kier molecular flexibility index (Phi) is 5.11. The summed E-state index contributed by atoms with van der Waals surface area (Å²) in [6, 6.07) is 12.1. The van der Waals surface area contributed by atoms with Crippen LogP contribution >= 0.6 is 0 Å². The average Bonchev–Trinajstić information content (AvgIpc) is 3.30. The summed E-state index contributed by atoms with van der Waals surface area (Å²) in [4.78, 5) is 29.2. The lowest BCUT2D eigenvalue weighted by atomic mass is 9.91. The van der Waals surface area contributed by atoms with Crippen LogP contribution < -0.4 is 5.32 Å². The monoisotopic (exact) mass is 433 g/mol. The number of fused-ring (bicyclic) bond motifs is 3. The fraction of sp³-hybridized carbons (Fsp3) is 0.462. The van der Waals surface area contributed by atoms with Gasteiger partial charge in [-0.05, 0) is 39.2 Å². The minimum atomic E-state index is -0.996. The fourth-order valence-electron chi connectivity index (χ4n) is 5.17. The van der Waals surface area contributed by atoms with Crippen molar-refractivity contribution in [3.8, 4) is 0 Å². The Morgan fingerprint density at radius 1 is 1.12 bits per heavy atom. The molecule has 0 radical (unpaired) electrons. The Bertz CT molecular complexity index is 1170. The molecule has 2 aromatic heterocycles. The fourth-order valence-corrected chi connectivity index (χ4v) is 5.17. The zero-order chi connectivity index (χ0) is 22.5. The molecular weight excluding hydrogens is 402 g/mol. The second-order valence-electron chi connectivity index (χ2n) is 9.68. The first kappa shape index (κ1) is 20.9. The summed E-state index contributed by atoms with van der Waals surface area (Å²) >= 11 is 0. The zero-order valence-corrected chi connectivity index (χ0v) is 19.1. The quantitative estimate of drug-likeness (QED) is 0.648. The molecule has 1 aromatic carbocycles. The number of nitrogens with zero attached hydrogens (tertiary/aromatic N) is 2. The third-order valence-corrected chi connectivity index (χ3v) is 7.13. The number of aromatic nitrogens is 1. The highest BCUT2D eigenvalue weighted by Crippen LogP contribution is 2.35. The molecule has 1 aliphatic carbocycles. The molecule has 1 unspecified atom stereocenters. The van der Waals surface area contributed by atoms with E-state index in [9.17, 15) is 9.59 Å². The van der Waals surface area contributed by atoms with Crippen molar-refractivity contribution < 1.29 is 14.0 Å². The summed E-state index contributed by atoms with van der Waals surface area (Å²) in [5.74, 6) is 0.591. The molecule has 3 heterocycles. The lowest BCUT2D eigenvalue weighted by Crippen LogP contribution is -2.64. The highest BCUT2D eigenvalue weighted by atomic mass is 16.3. The van der Waals surface area contributed by atoms with E-state index in [1.165, 1.54) is 12.0 Å². The normalized spacial score (nSPS) is 21.7. The topological polar surface area (TPSA) is 67.5 Å². The van der Waals surface area contributed by atoms with Crippen molar-refractivity contribution in [3.63, 3.8) is 0 Å². The van der Waals surface area contributed by atoms with Crippen molar-refractivity contribution in [3.05, 3.63) is 59.0 Å². The molecule has 1 atom stereocenters. The number of carbonyl (C=O) groups excluding carboxylic acids is 2. The molecular formula is C26H31N3O3. The minimum Gasteiger partial charge on any atom is -0.460 e. The van der Waals surface area contributed by atoms with Gasteiger partial charge in [0.05, 0.1) is 12.1 Å². The van der Waals surface area contributed by atoms with Crippen LogP contribution in [-0.4, -0.2) is 32.9 Å². The Labute approximate surface area is 188 Å². The number of amides is 2. The Morgan fingerprint density at radius 2 is 1.84 bits per heavy atom. The van der Waals surface area contributed by atoms with Gasteiger partial charge in [-0.1, -0.05) is 49.1 Å². The standard InChI is InChI=1S/C26H31N3O3/c1-17-9-11-19(12-10-17)15-29-24(30)22-14-23-21(13-18(2)32-23)28(22)16-26(29,3)25(31)27-20-7-5-4-6-8-20/h9-14,20H,4-8,15-16H2,1-3H3,(H,27,31). The SMILES string of the molecule is Cc1ccc(CN2C(=O)c3cc4oc(C)cc4n3CC2(C)C(=O)NC2CCCCC2)cc1. The largest absolute Gasteiger partial charge is 0.460 e. The van der Waals surface area contributed by atoms with E-state index < -0.39 is 5.54 Å². The second kappa shape index (κ2) is 7.84. The van der Waals surface area contributed by atoms with Gasteiger partial charge in [-0.3, -0.25) is 9.59 Å². The van der Waals surface area contributed by atoms with E-state index in [0.717, 1.165) is 42.5 Å². The van der Waals surface area contributed by atoms with Gasteiger partial charge in [-0.15, -0.1) is 0 Å². The van der Waals surface area contributed by atoms with E-state index in [-0.39, 0.29) is 17.9 Å². The Hall–Kier alpha value is -3.02. The molecule has 0 bridgehead atoms. The number of hydrogen-bond acceptors (Lipinski definition) is 3. The van der Waals surface area contributed by atoms with E-state index >= 15 is 0 Å². The first-order valence-electron chi connectivity index (χ1n) is 11.6. The maximum atomic E-state index is 13.7. The molecule has 6 heteroatoms. The van der Waals surface area contributed by atoms with Crippen LogP contribution in [0.1, 0.15) is 66.4 Å². The van der Waals surface area contributed by atoms with Crippen molar-refractivity contribution in [2.75, 3.05) is 0 Å². The van der Waals surface area contributed by atoms with E-state index in [2.05, 4.69) is 5.32 Å². The predicted octanol–water partition coefficient (Wildman–Crippen LogP) is 4.71. The first-order valence-corrected chi connectivity index (χ1v) is 11.6. The lowest BCUT2D eigenvalue weighted by Gasteiger charge is -2.44. The summed E-state index contributed by atoms with van der Waals surface area (Å²) < 4.78 is 7.75. The van der Waals surface area contributed by atoms with Crippen molar-refractivity contribution >= 4 is 22.9 Å². The van der Waals surface area contributed by atoms with Crippen LogP contribution in [0.3, 0.4) is 0 Å². The molecule has 1 saturated carbocycles. The summed E-state index contributed by atoms with van der Waals surface area (Å²) in [5, 5.41) is 3.28. The molecule has 168 valence electrons. The van der Waals surface area contributed by atoms with Crippen LogP contribution in [-0.2, 0) is 17.9 Å². The van der Waals surface area contributed by atoms with Gasteiger partial charge >= 0.3 is 0 Å². The van der Waals surface area contributed by atoms with Crippen molar-refractivity contribution in [1.29, 1.82) is 0 Å². The summed E-state index contributed by atoms with van der Waals surface area (Å²) in [6.07, 6.45) is 5.53. The third-order valence-electron chi connectivity index (χ3n) is 7.13. The molecule has 2 amide bonds. The van der Waals surface area contributed by atoms with Crippen molar-refractivity contribution in [2.24, 2.45) is 0 Å². The van der Waals surface area contributed by atoms with Crippen LogP contribution in [0.15, 0.2) is 40.8 Å². The smallest absolute Gasteiger partial charge is 0.271 e. The molecule has 6 nitrogen and oxygen atoms in total. The highest BCUT2D eigenvalue weighted by Gasteiger charge is 2.48. The molecule has 1 N–H and O–H groups in total. The van der Waals surface area contributed by atoms with E-state index in [1.54, 1.807) is 4.90 Å². The van der Waals surface area contributed by atoms with Crippen LogP contribution in [0.4, 0.5) is 0 Å². The number of nitrogens with one attached hydrogen (secondary N) is 1. The van der Waals surface area contributed by atoms with Gasteiger partial charge < -0.3 is 19.2 Å². The minimum absolute atomic E-state index is 0.0717. The number of benzene rings is 1. The highest BCUT2D eigenvalue weighted by molar-refractivity contribution is 6.03. The molecule has 2 aliphatic rings. The van der Waals surface area contributed by atoms with Gasteiger partial charge in [0, 0.05) is 24.7 Å². The number of aryl methyl sites for hydroxylation is 2. The van der Waals surface area contributed by atoms with E-state index in [0.29, 0.717) is 24.4 Å². The summed E-state index contributed by atoms with van der Waals surface area (Å²) in [6.45, 7) is 6.64. The lowest BCUT2D eigenvalue weighted by molar-refractivity contribution is -0.134. The van der Waals surface area contributed by atoms with Crippen LogP contribution in [0.25, 0.3) is 11.1 Å². The van der Waals surface area contributed by atoms with Gasteiger partial charge in [-0.2, -0.15) is 0 Å². The maximum absolute atomic E-state index is 13.7. The number of furan rings is 1. The van der Waals surface area contributed by atoms with Gasteiger partial charge in [0.2, 0.25) is 5.91 Å². The van der Waals surface area contributed by atoms with Gasteiger partial charge in [-0.25, -0.2) is 0 Å². The van der Waals surface area contributed by atoms with Crippen molar-refractivity contribution in [1.82, 2.24) is 14.8 Å². The second-order valence-corrected chi connectivity index (χ2v) is 9.68. The molecule has 32 heavy (non-hydrogen) atoms. The zero-order valence-electron chi connectivity index (χ0n) is 19.1. The summed E-state index contributed by atoms with van der Waals surface area (Å²) in [7, 11) is 0. The van der Waals surface area contributed by atoms with E-state index in [4.69, 9.17) is 4.42 Å². The summed E-state index contributed by atoms with van der Waals surface area (Å²) in [5.41, 5.74) is 3.33. The molecule has 0 spiro atoms. The maximum Gasteiger partial charge on any atom is 0.271 e. The average molecular weight is 434 g/mol. The van der Waals surface area contributed by atoms with Crippen LogP contribution in [0, 0.1) is 13.8 Å². The molecule has 1 aliphatic heterocycles. The predicted molar refractivity (Wildman–Crippen MR) is 123 cm³/mol.